The summed E-state index contributed by atoms with van der Waals surface area (Å²) in [5, 5.41) is -0.574. The second-order valence-electron chi connectivity index (χ2n) is 2.64. The lowest BCUT2D eigenvalue weighted by molar-refractivity contribution is 0.126. The normalized spacial score (nSPS) is 22.8. The molecule has 0 fully saturated rings. The minimum Gasteiger partial charge on any atom is -0.479 e. The van der Waals surface area contributed by atoms with Gasteiger partial charge in [0.2, 0.25) is 5.05 Å². The Morgan fingerprint density at radius 3 is 2.75 bits per heavy atom. The molecule has 0 bridgehead atoms. The lowest BCUT2D eigenvalue weighted by atomic mass is 10.1. The lowest BCUT2D eigenvalue weighted by Gasteiger charge is -2.19. The smallest absolute Gasteiger partial charge is 0.305 e. The molecule has 0 saturated carbocycles. The average Bonchev–Trinajstić information content (AvgIpc) is 2.06. The van der Waals surface area contributed by atoms with Gasteiger partial charge in [0.15, 0.2) is 0 Å². The van der Waals surface area contributed by atoms with Crippen molar-refractivity contribution in [3.05, 3.63) is 12.2 Å². The topological polar surface area (TPSA) is 9.23 Å². The van der Waals surface area contributed by atoms with E-state index in [0.29, 0.717) is 6.42 Å². The van der Waals surface area contributed by atoms with Crippen LogP contribution < -0.4 is 0 Å². The zero-order valence-electron chi connectivity index (χ0n) is 6.50. The summed E-state index contributed by atoms with van der Waals surface area (Å²) in [6, 6.07) is 0. The first-order valence-electron chi connectivity index (χ1n) is 3.84. The summed E-state index contributed by atoms with van der Waals surface area (Å²) in [5.41, 5.74) is 0. The van der Waals surface area contributed by atoms with Gasteiger partial charge in [0, 0.05) is 6.42 Å². The molecule has 1 nitrogen and oxygen atoms in total. The fraction of sp³-hybridized carbons (Fsp3) is 0.625. The standard InChI is InChI=1S/C8H10F2OS/c9-7(10)8(12)11-6-4-2-1-3-5-6/h1-2,6-7H,3-5H2. The maximum Gasteiger partial charge on any atom is 0.305 e. The Morgan fingerprint density at radius 2 is 2.25 bits per heavy atom. The first-order valence-corrected chi connectivity index (χ1v) is 4.24. The van der Waals surface area contributed by atoms with E-state index in [1.807, 2.05) is 12.2 Å². The Bertz CT molecular complexity index is 191. The molecule has 0 saturated heterocycles. The number of rotatable bonds is 2. The van der Waals surface area contributed by atoms with Crippen LogP contribution in [0.1, 0.15) is 19.3 Å². The summed E-state index contributed by atoms with van der Waals surface area (Å²) < 4.78 is 28.7. The Balaban J connectivity index is 2.31. The largest absolute Gasteiger partial charge is 0.479 e. The van der Waals surface area contributed by atoms with Gasteiger partial charge in [-0.15, -0.1) is 0 Å². The van der Waals surface area contributed by atoms with E-state index in [4.69, 9.17) is 4.74 Å². The van der Waals surface area contributed by atoms with E-state index in [0.717, 1.165) is 12.8 Å². The number of alkyl halides is 2. The van der Waals surface area contributed by atoms with Gasteiger partial charge >= 0.3 is 6.43 Å². The van der Waals surface area contributed by atoms with Crippen LogP contribution in [0.2, 0.25) is 0 Å². The summed E-state index contributed by atoms with van der Waals surface area (Å²) in [7, 11) is 0. The third kappa shape index (κ3) is 2.85. The van der Waals surface area contributed by atoms with Crippen LogP contribution in [-0.4, -0.2) is 17.6 Å². The van der Waals surface area contributed by atoms with E-state index in [1.54, 1.807) is 0 Å². The molecule has 0 aromatic heterocycles. The highest BCUT2D eigenvalue weighted by molar-refractivity contribution is 7.80. The van der Waals surface area contributed by atoms with Crippen LogP contribution in [0.4, 0.5) is 8.78 Å². The van der Waals surface area contributed by atoms with E-state index >= 15 is 0 Å². The van der Waals surface area contributed by atoms with Gasteiger partial charge in [-0.25, -0.2) is 8.78 Å². The van der Waals surface area contributed by atoms with Gasteiger partial charge in [-0.05, 0) is 25.1 Å². The zero-order chi connectivity index (χ0) is 8.97. The molecule has 1 rings (SSSR count). The summed E-state index contributed by atoms with van der Waals surface area (Å²) >= 11 is 4.36. The van der Waals surface area contributed by atoms with E-state index in [-0.39, 0.29) is 6.10 Å². The summed E-state index contributed by atoms with van der Waals surface area (Å²) in [6.07, 6.45) is 3.53. The maximum atomic E-state index is 11.9. The van der Waals surface area contributed by atoms with Gasteiger partial charge in [-0.1, -0.05) is 12.2 Å². The predicted octanol–water partition coefficient (Wildman–Crippen LogP) is 2.70. The summed E-state index contributed by atoms with van der Waals surface area (Å²) in [6.45, 7) is 0. The molecule has 0 radical (unpaired) electrons. The molecular formula is C8H10F2OS. The van der Waals surface area contributed by atoms with Crippen LogP contribution in [0.15, 0.2) is 12.2 Å². The minimum absolute atomic E-state index is 0.142. The summed E-state index contributed by atoms with van der Waals surface area (Å²) in [4.78, 5) is 0. The van der Waals surface area contributed by atoms with E-state index in [9.17, 15) is 8.78 Å². The molecule has 0 N–H and O–H groups in total. The van der Waals surface area contributed by atoms with Crippen molar-refractivity contribution in [3.63, 3.8) is 0 Å². The SMILES string of the molecule is FC(F)C(=S)OC1CC=CCC1. The Morgan fingerprint density at radius 1 is 1.50 bits per heavy atom. The molecule has 1 aliphatic rings. The van der Waals surface area contributed by atoms with Gasteiger partial charge < -0.3 is 4.74 Å². The molecule has 0 heterocycles. The molecular weight excluding hydrogens is 182 g/mol. The van der Waals surface area contributed by atoms with Crippen LogP contribution >= 0.6 is 12.2 Å². The lowest BCUT2D eigenvalue weighted by Crippen LogP contribution is -2.22. The van der Waals surface area contributed by atoms with Crippen molar-refractivity contribution in [3.8, 4) is 0 Å². The first-order chi connectivity index (χ1) is 5.70. The number of allylic oxidation sites excluding steroid dienone is 1. The van der Waals surface area contributed by atoms with Crippen molar-refractivity contribution in [1.82, 2.24) is 0 Å². The molecule has 0 amide bonds. The van der Waals surface area contributed by atoms with Crippen molar-refractivity contribution in [1.29, 1.82) is 0 Å². The molecule has 0 aliphatic heterocycles. The highest BCUT2D eigenvalue weighted by Crippen LogP contribution is 2.16. The molecule has 4 heteroatoms. The van der Waals surface area contributed by atoms with Crippen LogP contribution in [-0.2, 0) is 4.74 Å². The van der Waals surface area contributed by atoms with Crippen LogP contribution in [0.5, 0.6) is 0 Å². The number of ether oxygens (including phenoxy) is 1. The monoisotopic (exact) mass is 192 g/mol. The van der Waals surface area contributed by atoms with Gasteiger partial charge in [-0.2, -0.15) is 0 Å². The fourth-order valence-corrected chi connectivity index (χ4v) is 1.22. The van der Waals surface area contributed by atoms with Crippen molar-refractivity contribution in [2.75, 3.05) is 0 Å². The minimum atomic E-state index is -2.63. The van der Waals surface area contributed by atoms with Crippen LogP contribution in [0, 0.1) is 0 Å². The maximum absolute atomic E-state index is 11.9. The highest BCUT2D eigenvalue weighted by atomic mass is 32.1. The van der Waals surface area contributed by atoms with Crippen molar-refractivity contribution in [2.24, 2.45) is 0 Å². The molecule has 0 aromatic carbocycles. The fourth-order valence-electron chi connectivity index (χ4n) is 1.09. The Hall–Kier alpha value is -0.510. The Labute approximate surface area is 75.4 Å². The molecule has 1 unspecified atom stereocenters. The first kappa shape index (κ1) is 9.58. The highest BCUT2D eigenvalue weighted by Gasteiger charge is 2.18. The van der Waals surface area contributed by atoms with Crippen molar-refractivity contribution < 1.29 is 13.5 Å². The number of thiocarbonyl (C=S) groups is 1. The molecule has 68 valence electrons. The zero-order valence-corrected chi connectivity index (χ0v) is 7.32. The Kier molecular flexibility index (Phi) is 3.59. The third-order valence-corrected chi connectivity index (χ3v) is 1.96. The van der Waals surface area contributed by atoms with Gasteiger partial charge in [0.05, 0.1) is 0 Å². The number of hydrogen-bond acceptors (Lipinski definition) is 2. The molecule has 0 aromatic rings. The van der Waals surface area contributed by atoms with Crippen molar-refractivity contribution in [2.45, 2.75) is 31.8 Å². The van der Waals surface area contributed by atoms with Gasteiger partial charge in [-0.3, -0.25) is 0 Å². The van der Waals surface area contributed by atoms with Crippen LogP contribution in [0.25, 0.3) is 0 Å². The summed E-state index contributed by atoms with van der Waals surface area (Å²) in [5.74, 6) is 0. The van der Waals surface area contributed by atoms with E-state index in [1.165, 1.54) is 0 Å². The van der Waals surface area contributed by atoms with Gasteiger partial charge in [0.25, 0.3) is 0 Å². The average molecular weight is 192 g/mol. The van der Waals surface area contributed by atoms with Crippen LogP contribution in [0.3, 0.4) is 0 Å². The van der Waals surface area contributed by atoms with E-state index < -0.39 is 11.5 Å². The molecule has 0 spiro atoms. The second kappa shape index (κ2) is 4.50. The number of hydrogen-bond donors (Lipinski definition) is 0. The van der Waals surface area contributed by atoms with E-state index in [2.05, 4.69) is 12.2 Å². The molecule has 1 aliphatic carbocycles. The second-order valence-corrected chi connectivity index (χ2v) is 3.05. The number of halogens is 2. The quantitative estimate of drug-likeness (QED) is 0.491. The molecule has 12 heavy (non-hydrogen) atoms. The van der Waals surface area contributed by atoms with Gasteiger partial charge in [0.1, 0.15) is 6.10 Å². The third-order valence-electron chi connectivity index (χ3n) is 1.68. The molecule has 1 atom stereocenters. The predicted molar refractivity (Wildman–Crippen MR) is 46.5 cm³/mol. The van der Waals surface area contributed by atoms with Crippen molar-refractivity contribution >= 4 is 17.3 Å².